The van der Waals surface area contributed by atoms with Crippen molar-refractivity contribution in [2.75, 3.05) is 50.4 Å². The Hall–Kier alpha value is -3.87. The average molecular weight is 536 g/mol. The van der Waals surface area contributed by atoms with Crippen LogP contribution >= 0.6 is 0 Å². The molecule has 2 N–H and O–H groups in total. The predicted octanol–water partition coefficient (Wildman–Crippen LogP) is 4.02. The molecule has 0 radical (unpaired) electrons. The van der Waals surface area contributed by atoms with Gasteiger partial charge in [-0.1, -0.05) is 6.07 Å². The Morgan fingerprint density at radius 3 is 2.37 bits per heavy atom. The summed E-state index contributed by atoms with van der Waals surface area (Å²) in [6, 6.07) is 5.52. The van der Waals surface area contributed by atoms with E-state index in [1.54, 1.807) is 4.90 Å². The molecule has 2 aromatic heterocycles. The number of nitrogens with zero attached hydrogens (tertiary/aromatic N) is 5. The van der Waals surface area contributed by atoms with Gasteiger partial charge in [-0.3, -0.25) is 9.78 Å². The van der Waals surface area contributed by atoms with Crippen LogP contribution in [0.5, 0.6) is 0 Å². The van der Waals surface area contributed by atoms with Gasteiger partial charge in [0, 0.05) is 81.3 Å². The molecular formula is C25H26F5N7O. The number of carbonyl (C=O) groups is 1. The molecule has 1 aliphatic rings. The van der Waals surface area contributed by atoms with Crippen molar-refractivity contribution in [3.63, 3.8) is 0 Å². The molecule has 3 heterocycles. The Balaban J connectivity index is 1.52. The topological polar surface area (TPSA) is 86.3 Å². The Morgan fingerprint density at radius 2 is 1.68 bits per heavy atom. The number of anilines is 2. The van der Waals surface area contributed by atoms with Gasteiger partial charge in [0.2, 0.25) is 5.91 Å². The van der Waals surface area contributed by atoms with Crippen molar-refractivity contribution in [2.45, 2.75) is 19.1 Å². The normalized spacial score (nSPS) is 14.4. The van der Waals surface area contributed by atoms with E-state index in [0.717, 1.165) is 31.3 Å². The lowest BCUT2D eigenvalue weighted by molar-refractivity contribution is -0.137. The number of rotatable bonds is 8. The standard InChI is InChI=1S/C25H26F5N7O/c1-36-6-8-37(9-7-36)23(38)4-5-32-21-12-22(33-14-16-2-3-19(26)11-20(16)27)35-24(34-21)17-10-18(15-31-13-17)25(28,29)30/h2-3,10-13,15H,4-9,14H2,1H3,(H2,32,33,34,35). The lowest BCUT2D eigenvalue weighted by atomic mass is 10.2. The Morgan fingerprint density at radius 1 is 0.974 bits per heavy atom. The van der Waals surface area contributed by atoms with Gasteiger partial charge in [-0.05, 0) is 19.2 Å². The number of hydrogen-bond donors (Lipinski definition) is 2. The maximum absolute atomic E-state index is 14.1. The molecule has 1 fully saturated rings. The van der Waals surface area contributed by atoms with E-state index < -0.39 is 23.4 Å². The molecule has 1 aliphatic heterocycles. The smallest absolute Gasteiger partial charge is 0.369 e. The molecule has 13 heteroatoms. The van der Waals surface area contributed by atoms with Crippen LogP contribution in [0.2, 0.25) is 0 Å². The predicted molar refractivity (Wildman–Crippen MR) is 131 cm³/mol. The van der Waals surface area contributed by atoms with Crippen LogP contribution in [-0.4, -0.2) is 70.4 Å². The molecule has 1 amide bonds. The second-order valence-electron chi connectivity index (χ2n) is 8.87. The second-order valence-corrected chi connectivity index (χ2v) is 8.87. The van der Waals surface area contributed by atoms with Gasteiger partial charge in [-0.15, -0.1) is 0 Å². The molecule has 3 aromatic rings. The Labute approximate surface area is 215 Å². The molecule has 0 aliphatic carbocycles. The van der Waals surface area contributed by atoms with Crippen LogP contribution in [0, 0.1) is 11.6 Å². The van der Waals surface area contributed by atoms with E-state index in [2.05, 4.69) is 30.5 Å². The molecule has 0 bridgehead atoms. The van der Waals surface area contributed by atoms with Gasteiger partial charge >= 0.3 is 6.18 Å². The van der Waals surface area contributed by atoms with Gasteiger partial charge in [-0.25, -0.2) is 18.7 Å². The quantitative estimate of drug-likeness (QED) is 0.422. The van der Waals surface area contributed by atoms with E-state index in [-0.39, 0.29) is 54.0 Å². The Kier molecular flexibility index (Phi) is 8.35. The summed E-state index contributed by atoms with van der Waals surface area (Å²) < 4.78 is 67.0. The van der Waals surface area contributed by atoms with Crippen LogP contribution in [0.4, 0.5) is 33.6 Å². The molecule has 0 saturated carbocycles. The number of aromatic nitrogens is 3. The van der Waals surface area contributed by atoms with Crippen LogP contribution in [0.25, 0.3) is 11.4 Å². The summed E-state index contributed by atoms with van der Waals surface area (Å²) in [6.07, 6.45) is -2.51. The number of alkyl halides is 3. The summed E-state index contributed by atoms with van der Waals surface area (Å²) in [5.74, 6) is -1.11. The third-order valence-corrected chi connectivity index (χ3v) is 6.03. The van der Waals surface area contributed by atoms with E-state index in [1.807, 2.05) is 7.05 Å². The second kappa shape index (κ2) is 11.7. The fourth-order valence-electron chi connectivity index (χ4n) is 3.84. The van der Waals surface area contributed by atoms with E-state index in [1.165, 1.54) is 18.3 Å². The molecule has 202 valence electrons. The zero-order valence-electron chi connectivity index (χ0n) is 20.5. The van der Waals surface area contributed by atoms with Crippen molar-refractivity contribution in [1.82, 2.24) is 24.8 Å². The monoisotopic (exact) mass is 535 g/mol. The lowest BCUT2D eigenvalue weighted by Gasteiger charge is -2.32. The summed E-state index contributed by atoms with van der Waals surface area (Å²) in [5.41, 5.74) is -0.773. The largest absolute Gasteiger partial charge is 0.417 e. The van der Waals surface area contributed by atoms with Crippen molar-refractivity contribution in [1.29, 1.82) is 0 Å². The first-order chi connectivity index (χ1) is 18.1. The van der Waals surface area contributed by atoms with E-state index in [9.17, 15) is 26.7 Å². The Bertz CT molecular complexity index is 1280. The molecule has 4 rings (SSSR count). The molecule has 1 aromatic carbocycles. The number of amides is 1. The van der Waals surface area contributed by atoms with Crippen molar-refractivity contribution in [3.05, 3.63) is 65.5 Å². The van der Waals surface area contributed by atoms with Crippen LogP contribution < -0.4 is 10.6 Å². The molecule has 8 nitrogen and oxygen atoms in total. The van der Waals surface area contributed by atoms with Gasteiger partial charge in [0.1, 0.15) is 23.3 Å². The van der Waals surface area contributed by atoms with Gasteiger partial charge in [0.05, 0.1) is 5.56 Å². The van der Waals surface area contributed by atoms with Crippen molar-refractivity contribution in [2.24, 2.45) is 0 Å². The minimum Gasteiger partial charge on any atom is -0.369 e. The summed E-state index contributed by atoms with van der Waals surface area (Å²) in [4.78, 5) is 28.7. The molecule has 1 saturated heterocycles. The number of pyridine rings is 1. The highest BCUT2D eigenvalue weighted by Gasteiger charge is 2.31. The van der Waals surface area contributed by atoms with Crippen LogP contribution in [0.1, 0.15) is 17.5 Å². The number of benzene rings is 1. The first-order valence-corrected chi connectivity index (χ1v) is 11.9. The highest BCUT2D eigenvalue weighted by Crippen LogP contribution is 2.31. The summed E-state index contributed by atoms with van der Waals surface area (Å²) in [6.45, 7) is 3.04. The number of likely N-dealkylation sites (N-methyl/N-ethyl adjacent to an activating group) is 1. The van der Waals surface area contributed by atoms with Crippen LogP contribution in [-0.2, 0) is 17.5 Å². The highest BCUT2D eigenvalue weighted by atomic mass is 19.4. The fourth-order valence-corrected chi connectivity index (χ4v) is 3.84. The van der Waals surface area contributed by atoms with Gasteiger partial charge in [-0.2, -0.15) is 13.2 Å². The highest BCUT2D eigenvalue weighted by molar-refractivity contribution is 5.77. The first kappa shape index (κ1) is 27.2. The molecule has 0 unspecified atom stereocenters. The maximum atomic E-state index is 14.1. The lowest BCUT2D eigenvalue weighted by Crippen LogP contribution is -2.47. The number of carbonyl (C=O) groups excluding carboxylic acids is 1. The minimum atomic E-state index is -4.61. The van der Waals surface area contributed by atoms with Gasteiger partial charge in [0.15, 0.2) is 5.82 Å². The molecule has 0 spiro atoms. The van der Waals surface area contributed by atoms with Crippen LogP contribution in [0.15, 0.2) is 42.7 Å². The van der Waals surface area contributed by atoms with E-state index >= 15 is 0 Å². The van der Waals surface area contributed by atoms with Crippen molar-refractivity contribution >= 4 is 17.5 Å². The number of nitrogens with one attached hydrogen (secondary N) is 2. The third-order valence-electron chi connectivity index (χ3n) is 6.03. The van der Waals surface area contributed by atoms with Gasteiger partial charge in [0.25, 0.3) is 0 Å². The average Bonchev–Trinajstić information content (AvgIpc) is 2.88. The zero-order chi connectivity index (χ0) is 27.3. The summed E-state index contributed by atoms with van der Waals surface area (Å²) in [7, 11) is 1.99. The molecule has 0 atom stereocenters. The van der Waals surface area contributed by atoms with Crippen molar-refractivity contribution in [3.8, 4) is 11.4 Å². The number of piperazine rings is 1. The zero-order valence-corrected chi connectivity index (χ0v) is 20.5. The molecule has 38 heavy (non-hydrogen) atoms. The summed E-state index contributed by atoms with van der Waals surface area (Å²) in [5, 5.41) is 5.92. The SMILES string of the molecule is CN1CCN(C(=O)CCNc2cc(NCc3ccc(F)cc3F)nc(-c3cncc(C(F)(F)F)c3)n2)CC1. The van der Waals surface area contributed by atoms with Gasteiger partial charge < -0.3 is 20.4 Å². The first-order valence-electron chi connectivity index (χ1n) is 11.9. The number of halogens is 5. The molecular weight excluding hydrogens is 509 g/mol. The van der Waals surface area contributed by atoms with Crippen molar-refractivity contribution < 1.29 is 26.7 Å². The summed E-state index contributed by atoms with van der Waals surface area (Å²) >= 11 is 0. The number of hydrogen-bond acceptors (Lipinski definition) is 7. The maximum Gasteiger partial charge on any atom is 0.417 e. The minimum absolute atomic E-state index is 0.0212. The third kappa shape index (κ3) is 7.12. The van der Waals surface area contributed by atoms with E-state index in [0.29, 0.717) is 19.3 Å². The van der Waals surface area contributed by atoms with E-state index in [4.69, 9.17) is 0 Å². The van der Waals surface area contributed by atoms with Crippen LogP contribution in [0.3, 0.4) is 0 Å². The fraction of sp³-hybridized carbons (Fsp3) is 0.360.